The Morgan fingerprint density at radius 2 is 1.86 bits per heavy atom. The number of aliphatic imine (C=N–C) groups is 1. The first kappa shape index (κ1) is 20.6. The Morgan fingerprint density at radius 1 is 1.14 bits per heavy atom. The quantitative estimate of drug-likeness (QED) is 0.367. The highest BCUT2D eigenvalue weighted by molar-refractivity contribution is 6.30. The topological polar surface area (TPSA) is 60.0 Å². The highest BCUT2D eigenvalue weighted by atomic mass is 35.5. The average molecular weight is 406 g/mol. The summed E-state index contributed by atoms with van der Waals surface area (Å²) in [5.74, 6) is 0.406. The number of nitrogens with two attached hydrogens (primary N) is 1. The molecule has 3 rings (SSSR count). The van der Waals surface area contributed by atoms with Crippen LogP contribution in [0.25, 0.3) is 5.57 Å². The van der Waals surface area contributed by atoms with E-state index in [0.29, 0.717) is 10.9 Å². The standard InChI is InChI=1S/C24H24ClN3O/c1-18(28-29-2)24(15-12-20(13-16-24)19-6-4-3-5-7-19)17-14-23(26)27-22-10-8-21(25)9-11-22/h3-15,17H,16H2,1-2H3,(H2,26,27). The van der Waals surface area contributed by atoms with Crippen molar-refractivity contribution in [3.63, 3.8) is 0 Å². The summed E-state index contributed by atoms with van der Waals surface area (Å²) in [6.45, 7) is 1.95. The third kappa shape index (κ3) is 5.24. The van der Waals surface area contributed by atoms with Crippen molar-refractivity contribution in [3.8, 4) is 0 Å². The smallest absolute Gasteiger partial charge is 0.123 e. The van der Waals surface area contributed by atoms with Crippen LogP contribution >= 0.6 is 11.6 Å². The van der Waals surface area contributed by atoms with Crippen LogP contribution in [-0.2, 0) is 4.84 Å². The van der Waals surface area contributed by atoms with E-state index in [1.807, 2.05) is 49.4 Å². The molecule has 0 saturated carbocycles. The van der Waals surface area contributed by atoms with Gasteiger partial charge < -0.3 is 10.6 Å². The molecule has 1 unspecified atom stereocenters. The van der Waals surface area contributed by atoms with Gasteiger partial charge in [-0.25, -0.2) is 4.99 Å². The van der Waals surface area contributed by atoms with Crippen LogP contribution < -0.4 is 5.73 Å². The highest BCUT2D eigenvalue weighted by Gasteiger charge is 2.30. The number of amidine groups is 1. The van der Waals surface area contributed by atoms with Crippen LogP contribution in [0.3, 0.4) is 0 Å². The van der Waals surface area contributed by atoms with Crippen LogP contribution in [0, 0.1) is 5.41 Å². The van der Waals surface area contributed by atoms with Crippen LogP contribution in [0.2, 0.25) is 5.02 Å². The first-order valence-electron chi connectivity index (χ1n) is 9.34. The fourth-order valence-corrected chi connectivity index (χ4v) is 3.29. The van der Waals surface area contributed by atoms with Crippen molar-refractivity contribution >= 4 is 34.4 Å². The first-order chi connectivity index (χ1) is 14.0. The third-order valence-electron chi connectivity index (χ3n) is 4.87. The number of hydrogen-bond donors (Lipinski definition) is 1. The predicted molar refractivity (Wildman–Crippen MR) is 123 cm³/mol. The Bertz CT molecular complexity index is 989. The van der Waals surface area contributed by atoms with E-state index >= 15 is 0 Å². The molecule has 0 bridgehead atoms. The molecule has 1 aliphatic rings. The van der Waals surface area contributed by atoms with Crippen LogP contribution in [0.15, 0.2) is 95.1 Å². The zero-order valence-corrected chi connectivity index (χ0v) is 17.3. The molecule has 0 heterocycles. The summed E-state index contributed by atoms with van der Waals surface area (Å²) < 4.78 is 0. The van der Waals surface area contributed by atoms with Crippen molar-refractivity contribution in [1.82, 2.24) is 0 Å². The van der Waals surface area contributed by atoms with Gasteiger partial charge in [-0.15, -0.1) is 0 Å². The molecule has 2 aromatic carbocycles. The van der Waals surface area contributed by atoms with Gasteiger partial charge in [0.05, 0.1) is 16.8 Å². The number of benzene rings is 2. The molecule has 5 heteroatoms. The van der Waals surface area contributed by atoms with E-state index < -0.39 is 5.41 Å². The number of oxime groups is 1. The molecule has 0 fully saturated rings. The molecule has 148 valence electrons. The van der Waals surface area contributed by atoms with Crippen molar-refractivity contribution in [2.45, 2.75) is 13.3 Å². The van der Waals surface area contributed by atoms with Gasteiger partial charge in [-0.1, -0.05) is 71.4 Å². The summed E-state index contributed by atoms with van der Waals surface area (Å²) in [6.07, 6.45) is 11.0. The Kier molecular flexibility index (Phi) is 6.68. The summed E-state index contributed by atoms with van der Waals surface area (Å²) in [6, 6.07) is 17.5. The lowest BCUT2D eigenvalue weighted by atomic mass is 9.75. The highest BCUT2D eigenvalue weighted by Crippen LogP contribution is 2.36. The zero-order chi connectivity index (χ0) is 20.7. The summed E-state index contributed by atoms with van der Waals surface area (Å²) in [5, 5.41) is 4.84. The zero-order valence-electron chi connectivity index (χ0n) is 16.5. The largest absolute Gasteiger partial charge is 0.399 e. The summed E-state index contributed by atoms with van der Waals surface area (Å²) in [7, 11) is 1.55. The minimum Gasteiger partial charge on any atom is -0.399 e. The Labute approximate surface area is 176 Å². The molecule has 4 nitrogen and oxygen atoms in total. The molecule has 0 spiro atoms. The lowest BCUT2D eigenvalue weighted by molar-refractivity contribution is 0.210. The van der Waals surface area contributed by atoms with Crippen molar-refractivity contribution in [2.75, 3.05) is 7.11 Å². The lowest BCUT2D eigenvalue weighted by Crippen LogP contribution is -2.27. The molecular weight excluding hydrogens is 382 g/mol. The molecule has 2 aromatic rings. The van der Waals surface area contributed by atoms with E-state index in [0.717, 1.165) is 17.8 Å². The normalized spacial score (nSPS) is 20.0. The molecule has 1 atom stereocenters. The maximum Gasteiger partial charge on any atom is 0.123 e. The Hall–Kier alpha value is -3.11. The molecule has 1 aliphatic carbocycles. The lowest BCUT2D eigenvalue weighted by Gasteiger charge is -2.29. The van der Waals surface area contributed by atoms with Crippen LogP contribution in [-0.4, -0.2) is 18.7 Å². The second kappa shape index (κ2) is 9.39. The van der Waals surface area contributed by atoms with E-state index in [9.17, 15) is 0 Å². The van der Waals surface area contributed by atoms with Gasteiger partial charge in [0.2, 0.25) is 0 Å². The molecule has 0 saturated heterocycles. The third-order valence-corrected chi connectivity index (χ3v) is 5.12. The fraction of sp³-hybridized carbons (Fsp3) is 0.167. The number of halogens is 1. The second-order valence-electron chi connectivity index (χ2n) is 6.81. The van der Waals surface area contributed by atoms with E-state index in [2.05, 4.69) is 40.5 Å². The van der Waals surface area contributed by atoms with Gasteiger partial charge in [-0.2, -0.15) is 0 Å². The van der Waals surface area contributed by atoms with Gasteiger partial charge in [0, 0.05) is 5.02 Å². The molecule has 29 heavy (non-hydrogen) atoms. The summed E-state index contributed by atoms with van der Waals surface area (Å²) in [5.41, 5.74) is 9.67. The molecule has 2 N–H and O–H groups in total. The molecular formula is C24H24ClN3O. The Morgan fingerprint density at radius 3 is 2.48 bits per heavy atom. The van der Waals surface area contributed by atoms with Gasteiger partial charge >= 0.3 is 0 Å². The van der Waals surface area contributed by atoms with E-state index in [1.54, 1.807) is 19.2 Å². The molecule has 0 aliphatic heterocycles. The molecule has 0 radical (unpaired) electrons. The van der Waals surface area contributed by atoms with Gasteiger partial charge in [0.1, 0.15) is 12.9 Å². The van der Waals surface area contributed by atoms with Gasteiger partial charge in [0.25, 0.3) is 0 Å². The van der Waals surface area contributed by atoms with E-state index in [1.165, 1.54) is 11.1 Å². The minimum atomic E-state index is -0.422. The van der Waals surface area contributed by atoms with Crippen molar-refractivity contribution < 1.29 is 4.84 Å². The number of nitrogens with zero attached hydrogens (tertiary/aromatic N) is 2. The second-order valence-corrected chi connectivity index (χ2v) is 7.25. The number of allylic oxidation sites excluding steroid dienone is 5. The Balaban J connectivity index is 1.86. The minimum absolute atomic E-state index is 0.406. The maximum atomic E-state index is 6.13. The maximum absolute atomic E-state index is 6.13. The first-order valence-corrected chi connectivity index (χ1v) is 9.72. The van der Waals surface area contributed by atoms with Gasteiger partial charge in [-0.05, 0) is 54.8 Å². The summed E-state index contributed by atoms with van der Waals surface area (Å²) in [4.78, 5) is 9.45. The fourth-order valence-electron chi connectivity index (χ4n) is 3.17. The predicted octanol–water partition coefficient (Wildman–Crippen LogP) is 5.94. The van der Waals surface area contributed by atoms with Crippen LogP contribution in [0.1, 0.15) is 18.9 Å². The SMILES string of the molecule is CON=C(C)C1(C=CC(N)=Nc2ccc(Cl)cc2)C=CC(c2ccccc2)=CC1. The van der Waals surface area contributed by atoms with Crippen molar-refractivity contribution in [3.05, 3.63) is 95.6 Å². The van der Waals surface area contributed by atoms with Gasteiger partial charge in [-0.3, -0.25) is 0 Å². The van der Waals surface area contributed by atoms with Crippen molar-refractivity contribution in [2.24, 2.45) is 21.3 Å². The van der Waals surface area contributed by atoms with Crippen molar-refractivity contribution in [1.29, 1.82) is 0 Å². The molecule has 0 amide bonds. The number of rotatable bonds is 6. The number of hydrogen-bond acceptors (Lipinski definition) is 3. The van der Waals surface area contributed by atoms with Gasteiger partial charge in [0.15, 0.2) is 0 Å². The van der Waals surface area contributed by atoms with E-state index in [4.69, 9.17) is 22.2 Å². The van der Waals surface area contributed by atoms with Crippen LogP contribution in [0.4, 0.5) is 5.69 Å². The monoisotopic (exact) mass is 405 g/mol. The van der Waals surface area contributed by atoms with Crippen LogP contribution in [0.5, 0.6) is 0 Å². The average Bonchev–Trinajstić information content (AvgIpc) is 2.75. The summed E-state index contributed by atoms with van der Waals surface area (Å²) >= 11 is 5.92. The van der Waals surface area contributed by atoms with E-state index in [-0.39, 0.29) is 0 Å². The molecule has 0 aromatic heterocycles.